The minimum atomic E-state index is 0.0819. The molecule has 7 rings (SSSR count). The molecule has 37 heavy (non-hydrogen) atoms. The summed E-state index contributed by atoms with van der Waals surface area (Å²) in [7, 11) is 7.96. The molecule has 1 saturated heterocycles. The molecular weight excluding hydrogens is 464 g/mol. The van der Waals surface area contributed by atoms with E-state index in [0.29, 0.717) is 29.2 Å². The van der Waals surface area contributed by atoms with E-state index in [1.165, 1.54) is 19.3 Å². The number of ether oxygens (including phenoxy) is 1. The number of hydrogen-bond acceptors (Lipinski definition) is 5. The van der Waals surface area contributed by atoms with E-state index in [4.69, 9.17) is 14.7 Å². The molecule has 1 amide bonds. The van der Waals surface area contributed by atoms with Crippen LogP contribution in [0.2, 0.25) is 0 Å². The van der Waals surface area contributed by atoms with Gasteiger partial charge in [-0.1, -0.05) is 0 Å². The van der Waals surface area contributed by atoms with E-state index < -0.39 is 0 Å². The first-order valence-corrected chi connectivity index (χ1v) is 13.4. The number of carbonyl (C=O) groups excluding carboxylic acids is 1. The fourth-order valence-corrected chi connectivity index (χ4v) is 6.97. The molecule has 3 atom stereocenters. The van der Waals surface area contributed by atoms with Crippen molar-refractivity contribution in [3.05, 3.63) is 42.1 Å². The number of hydrogen-bond donors (Lipinski definition) is 0. The summed E-state index contributed by atoms with van der Waals surface area (Å²) in [5, 5.41) is 1.12. The molecule has 0 spiro atoms. The maximum absolute atomic E-state index is 13.8. The van der Waals surface area contributed by atoms with Gasteiger partial charge in [-0.25, -0.2) is 9.97 Å². The third kappa shape index (κ3) is 3.49. The van der Waals surface area contributed by atoms with Crippen molar-refractivity contribution in [3.63, 3.8) is 0 Å². The summed E-state index contributed by atoms with van der Waals surface area (Å²) in [5.74, 6) is 2.88. The fourth-order valence-electron chi connectivity index (χ4n) is 6.97. The second-order valence-corrected chi connectivity index (χ2v) is 11.4. The lowest BCUT2D eigenvalue weighted by molar-refractivity contribution is 0.0687. The third-order valence-electron chi connectivity index (χ3n) is 8.82. The highest BCUT2D eigenvalue weighted by Gasteiger charge is 2.49. The number of methoxy groups -OCH3 is 1. The van der Waals surface area contributed by atoms with Gasteiger partial charge in [0.05, 0.1) is 18.3 Å². The van der Waals surface area contributed by atoms with Crippen molar-refractivity contribution in [3.8, 4) is 17.3 Å². The predicted octanol–water partition coefficient (Wildman–Crippen LogP) is 4.17. The number of likely N-dealkylation sites (tertiary alicyclic amines) is 1. The molecule has 4 heterocycles. The Labute approximate surface area is 216 Å². The maximum atomic E-state index is 13.8. The number of aryl methyl sites for hydroxylation is 1. The van der Waals surface area contributed by atoms with E-state index in [2.05, 4.69) is 45.2 Å². The minimum Gasteiger partial charge on any atom is -0.494 e. The predicted molar refractivity (Wildman–Crippen MR) is 144 cm³/mol. The summed E-state index contributed by atoms with van der Waals surface area (Å²) in [6.07, 6.45) is 6.66. The highest BCUT2D eigenvalue weighted by molar-refractivity contribution is 6.00. The zero-order valence-electron chi connectivity index (χ0n) is 22.0. The summed E-state index contributed by atoms with van der Waals surface area (Å²) >= 11 is 0. The lowest BCUT2D eigenvalue weighted by Gasteiger charge is -2.29. The zero-order valence-corrected chi connectivity index (χ0v) is 22.0. The van der Waals surface area contributed by atoms with Gasteiger partial charge in [0.15, 0.2) is 5.82 Å². The molecule has 2 bridgehead atoms. The number of piperidine rings is 1. The minimum absolute atomic E-state index is 0.0819. The molecule has 192 valence electrons. The molecule has 3 fully saturated rings. The van der Waals surface area contributed by atoms with E-state index >= 15 is 0 Å². The summed E-state index contributed by atoms with van der Waals surface area (Å²) in [4.78, 5) is 27.9. The molecule has 0 radical (unpaired) electrons. The summed E-state index contributed by atoms with van der Waals surface area (Å²) in [5.41, 5.74) is 4.39. The standard InChI is InChI=1S/C29H34N6O2/c1-32(2)25-19-9-10-22(25)35(16-19)29(36)20-12-21-26(24(14-20)37-4)33(3)28(31-21)23-13-18-6-5-11-30-27(18)34(23)15-17-7-8-17/h5-6,11-14,17,19,22,25H,7-10,15-16H2,1-4H3/t19-,22-,25?/m1/s1. The van der Waals surface area contributed by atoms with Crippen LogP contribution in [0.3, 0.4) is 0 Å². The lowest BCUT2D eigenvalue weighted by atomic mass is 10.1. The number of imidazole rings is 1. The number of nitrogens with zero attached hydrogens (tertiary/aromatic N) is 6. The first-order chi connectivity index (χ1) is 17.9. The Kier molecular flexibility index (Phi) is 5.12. The number of aromatic nitrogens is 4. The summed E-state index contributed by atoms with van der Waals surface area (Å²) < 4.78 is 10.2. The topological polar surface area (TPSA) is 68.4 Å². The molecule has 1 aromatic carbocycles. The number of likely N-dealkylation sites (N-methyl/N-ethyl adjacent to an activating group) is 1. The maximum Gasteiger partial charge on any atom is 0.254 e. The van der Waals surface area contributed by atoms with Gasteiger partial charge in [0.25, 0.3) is 5.91 Å². The van der Waals surface area contributed by atoms with Crippen LogP contribution in [-0.2, 0) is 13.6 Å². The van der Waals surface area contributed by atoms with Crippen molar-refractivity contribution in [2.75, 3.05) is 27.7 Å². The summed E-state index contributed by atoms with van der Waals surface area (Å²) in [6, 6.07) is 10.8. The van der Waals surface area contributed by atoms with Gasteiger partial charge < -0.3 is 23.7 Å². The van der Waals surface area contributed by atoms with Crippen molar-refractivity contribution in [2.45, 2.75) is 44.3 Å². The van der Waals surface area contributed by atoms with Gasteiger partial charge in [-0.3, -0.25) is 4.79 Å². The largest absolute Gasteiger partial charge is 0.494 e. The van der Waals surface area contributed by atoms with E-state index in [0.717, 1.165) is 53.1 Å². The Bertz CT molecular complexity index is 1530. The molecule has 0 N–H and O–H groups in total. The van der Waals surface area contributed by atoms with E-state index in [9.17, 15) is 4.79 Å². The van der Waals surface area contributed by atoms with Crippen LogP contribution >= 0.6 is 0 Å². The van der Waals surface area contributed by atoms with Crippen molar-refractivity contribution in [1.29, 1.82) is 0 Å². The van der Waals surface area contributed by atoms with Crippen LogP contribution < -0.4 is 4.74 Å². The second-order valence-electron chi connectivity index (χ2n) is 11.4. The van der Waals surface area contributed by atoms with Crippen molar-refractivity contribution < 1.29 is 9.53 Å². The van der Waals surface area contributed by atoms with E-state index in [-0.39, 0.29) is 11.9 Å². The number of amides is 1. The number of pyridine rings is 1. The molecule has 1 unspecified atom stereocenters. The SMILES string of the molecule is COc1cc(C(=O)N2C[C@H]3CC[C@@H]2C3N(C)C)cc2nc(-c3cc4cccnc4n3CC3CC3)n(C)c12. The van der Waals surface area contributed by atoms with Crippen molar-refractivity contribution in [1.82, 2.24) is 28.9 Å². The second kappa shape index (κ2) is 8.31. The fraction of sp³-hybridized carbons (Fsp3) is 0.483. The van der Waals surface area contributed by atoms with Crippen LogP contribution in [0.4, 0.5) is 0 Å². The van der Waals surface area contributed by atoms with Crippen LogP contribution in [0.15, 0.2) is 36.5 Å². The number of rotatable bonds is 6. The molecule has 3 aromatic heterocycles. The molecule has 4 aromatic rings. The Hall–Kier alpha value is -3.39. The monoisotopic (exact) mass is 498 g/mol. The van der Waals surface area contributed by atoms with Gasteiger partial charge in [-0.15, -0.1) is 0 Å². The average molecular weight is 499 g/mol. The Morgan fingerprint density at radius 3 is 2.73 bits per heavy atom. The lowest BCUT2D eigenvalue weighted by Crippen LogP contribution is -2.43. The molecule has 8 nitrogen and oxygen atoms in total. The first kappa shape index (κ1) is 22.8. The van der Waals surface area contributed by atoms with Gasteiger partial charge in [0.1, 0.15) is 16.9 Å². The van der Waals surface area contributed by atoms with Crippen molar-refractivity contribution in [2.24, 2.45) is 18.9 Å². The highest BCUT2D eigenvalue weighted by atomic mass is 16.5. The number of benzene rings is 1. The molecule has 1 aliphatic heterocycles. The molecular formula is C29H34N6O2. The van der Waals surface area contributed by atoms with Crippen LogP contribution in [0.25, 0.3) is 33.6 Å². The van der Waals surface area contributed by atoms with Crippen molar-refractivity contribution >= 4 is 28.0 Å². The Morgan fingerprint density at radius 2 is 2.00 bits per heavy atom. The van der Waals surface area contributed by atoms with Gasteiger partial charge in [0, 0.05) is 49.4 Å². The Balaban J connectivity index is 1.32. The van der Waals surface area contributed by atoms with Crippen LogP contribution in [-0.4, -0.2) is 74.6 Å². The van der Waals surface area contributed by atoms with Gasteiger partial charge in [-0.05, 0) is 81.9 Å². The smallest absolute Gasteiger partial charge is 0.254 e. The highest BCUT2D eigenvalue weighted by Crippen LogP contribution is 2.42. The number of carbonyl (C=O) groups is 1. The normalized spacial score (nSPS) is 23.2. The van der Waals surface area contributed by atoms with Crippen LogP contribution in [0, 0.1) is 11.8 Å². The zero-order chi connectivity index (χ0) is 25.4. The third-order valence-corrected chi connectivity index (χ3v) is 8.82. The molecule has 2 aliphatic carbocycles. The van der Waals surface area contributed by atoms with Crippen LogP contribution in [0.5, 0.6) is 5.75 Å². The van der Waals surface area contributed by atoms with Crippen LogP contribution in [0.1, 0.15) is 36.0 Å². The average Bonchev–Trinajstić information content (AvgIpc) is 3.22. The van der Waals surface area contributed by atoms with Gasteiger partial charge in [-0.2, -0.15) is 0 Å². The summed E-state index contributed by atoms with van der Waals surface area (Å²) in [6.45, 7) is 1.78. The molecule has 8 heteroatoms. The van der Waals surface area contributed by atoms with Gasteiger partial charge in [0.2, 0.25) is 0 Å². The molecule has 3 aliphatic rings. The quantitative estimate of drug-likeness (QED) is 0.399. The Morgan fingerprint density at radius 1 is 1.16 bits per heavy atom. The van der Waals surface area contributed by atoms with E-state index in [1.807, 2.05) is 31.4 Å². The molecule has 2 saturated carbocycles. The first-order valence-electron chi connectivity index (χ1n) is 13.4. The van der Waals surface area contributed by atoms with E-state index in [1.54, 1.807) is 7.11 Å². The number of fused-ring (bicyclic) bond motifs is 4. The van der Waals surface area contributed by atoms with Gasteiger partial charge >= 0.3 is 0 Å².